The summed E-state index contributed by atoms with van der Waals surface area (Å²) in [5.41, 5.74) is 1.92. The molecule has 1 aromatic heterocycles. The number of benzene rings is 3. The Morgan fingerprint density at radius 3 is 2.38 bits per heavy atom. The van der Waals surface area contributed by atoms with Crippen molar-refractivity contribution in [2.75, 3.05) is 11.5 Å². The third-order valence-corrected chi connectivity index (χ3v) is 6.88. The van der Waals surface area contributed by atoms with E-state index >= 15 is 0 Å². The van der Waals surface area contributed by atoms with Crippen LogP contribution in [0.15, 0.2) is 72.8 Å². The van der Waals surface area contributed by atoms with Crippen LogP contribution in [0.5, 0.6) is 5.75 Å². The van der Waals surface area contributed by atoms with Crippen LogP contribution in [0.25, 0.3) is 11.0 Å². The average molecular weight is 542 g/mol. The molecule has 0 fully saturated rings. The first-order valence-corrected chi connectivity index (χ1v) is 13.4. The molecule has 208 valence electrons. The van der Waals surface area contributed by atoms with Crippen LogP contribution in [0, 0.1) is 0 Å². The summed E-state index contributed by atoms with van der Waals surface area (Å²) in [5, 5.41) is 11.5. The van der Waals surface area contributed by atoms with Gasteiger partial charge in [0.25, 0.3) is 0 Å². The maximum atomic E-state index is 14.4. The van der Waals surface area contributed by atoms with Gasteiger partial charge in [0.2, 0.25) is 11.8 Å². The normalized spacial score (nSPS) is 12.1. The molecule has 1 atom stereocenters. The lowest BCUT2D eigenvalue weighted by Crippen LogP contribution is -2.51. The second-order valence-electron chi connectivity index (χ2n) is 10.2. The number of carbonyl (C=O) groups excluding carboxylic acids is 3. The van der Waals surface area contributed by atoms with E-state index in [1.165, 1.54) is 16.5 Å². The van der Waals surface area contributed by atoms with Gasteiger partial charge in [0, 0.05) is 16.7 Å². The Morgan fingerprint density at radius 1 is 0.975 bits per heavy atom. The highest BCUT2D eigenvalue weighted by Gasteiger charge is 2.38. The zero-order valence-corrected chi connectivity index (χ0v) is 23.5. The zero-order valence-electron chi connectivity index (χ0n) is 23.5. The standard InChI is InChI=1S/C31H35N5O4/c1-6-31(4,5)32-30(39)29(23-15-9-13-19-27(23)40-7-2)36(25-17-11-8-14-22(25)21(3)37)28(38)20-35-26-18-12-10-16-24(26)33-34-35/h8-19,29H,6-7,20H2,1-5H3,(H,32,39)/t29-/m1/s1. The number of ether oxygens (including phenoxy) is 1. The maximum absolute atomic E-state index is 14.4. The predicted molar refractivity (Wildman–Crippen MR) is 154 cm³/mol. The molecule has 0 radical (unpaired) electrons. The highest BCUT2D eigenvalue weighted by molar-refractivity contribution is 6.08. The largest absolute Gasteiger partial charge is 0.493 e. The lowest BCUT2D eigenvalue weighted by atomic mass is 9.96. The number of nitrogens with zero attached hydrogens (tertiary/aromatic N) is 4. The number of hydrogen-bond donors (Lipinski definition) is 1. The van der Waals surface area contributed by atoms with Crippen LogP contribution in [0.2, 0.25) is 0 Å². The number of fused-ring (bicyclic) bond motifs is 1. The van der Waals surface area contributed by atoms with Crippen molar-refractivity contribution >= 4 is 34.3 Å². The molecule has 1 N–H and O–H groups in total. The van der Waals surface area contributed by atoms with Crippen LogP contribution in [-0.4, -0.2) is 44.7 Å². The van der Waals surface area contributed by atoms with Crippen molar-refractivity contribution in [3.05, 3.63) is 83.9 Å². The number of Topliss-reactive ketones (excluding diaryl/α,β-unsaturated/α-hetero) is 1. The molecular weight excluding hydrogens is 506 g/mol. The van der Waals surface area contributed by atoms with Gasteiger partial charge in [-0.3, -0.25) is 19.3 Å². The molecular formula is C31H35N5O4. The van der Waals surface area contributed by atoms with E-state index in [-0.39, 0.29) is 12.3 Å². The van der Waals surface area contributed by atoms with E-state index in [0.29, 0.717) is 46.6 Å². The minimum atomic E-state index is -1.14. The molecule has 0 saturated carbocycles. The van der Waals surface area contributed by atoms with Gasteiger partial charge >= 0.3 is 0 Å². The van der Waals surface area contributed by atoms with Crippen molar-refractivity contribution in [2.45, 2.75) is 59.2 Å². The Morgan fingerprint density at radius 2 is 1.65 bits per heavy atom. The quantitative estimate of drug-likeness (QED) is 0.265. The number of carbonyl (C=O) groups is 3. The first kappa shape index (κ1) is 28.5. The molecule has 4 rings (SSSR count). The van der Waals surface area contributed by atoms with Gasteiger partial charge in [0.1, 0.15) is 23.9 Å². The smallest absolute Gasteiger partial charge is 0.249 e. The van der Waals surface area contributed by atoms with Crippen molar-refractivity contribution in [2.24, 2.45) is 0 Å². The zero-order chi connectivity index (χ0) is 28.9. The summed E-state index contributed by atoms with van der Waals surface area (Å²) in [7, 11) is 0. The Hall–Kier alpha value is -4.53. The van der Waals surface area contributed by atoms with Crippen LogP contribution < -0.4 is 15.0 Å². The molecule has 0 aliphatic carbocycles. The van der Waals surface area contributed by atoms with Crippen molar-refractivity contribution in [1.82, 2.24) is 20.3 Å². The average Bonchev–Trinajstić information content (AvgIpc) is 3.34. The van der Waals surface area contributed by atoms with E-state index in [1.807, 2.05) is 58.0 Å². The molecule has 0 bridgehead atoms. The second-order valence-corrected chi connectivity index (χ2v) is 10.2. The fourth-order valence-corrected chi connectivity index (χ4v) is 4.52. The molecule has 0 spiro atoms. The van der Waals surface area contributed by atoms with Gasteiger partial charge in [-0.15, -0.1) is 5.10 Å². The second kappa shape index (κ2) is 12.1. The Labute approximate surface area is 234 Å². The highest BCUT2D eigenvalue weighted by atomic mass is 16.5. The molecule has 0 saturated heterocycles. The molecule has 0 unspecified atom stereocenters. The van der Waals surface area contributed by atoms with Crippen LogP contribution in [0.4, 0.5) is 5.69 Å². The van der Waals surface area contributed by atoms with Crippen LogP contribution in [-0.2, 0) is 16.1 Å². The van der Waals surface area contributed by atoms with E-state index in [0.717, 1.165) is 0 Å². The van der Waals surface area contributed by atoms with Gasteiger partial charge in [0.05, 0.1) is 17.8 Å². The number of anilines is 1. The van der Waals surface area contributed by atoms with Gasteiger partial charge < -0.3 is 10.1 Å². The summed E-state index contributed by atoms with van der Waals surface area (Å²) in [6, 6.07) is 20.2. The minimum Gasteiger partial charge on any atom is -0.493 e. The molecule has 4 aromatic rings. The topological polar surface area (TPSA) is 106 Å². The molecule has 1 heterocycles. The summed E-state index contributed by atoms with van der Waals surface area (Å²) in [6.07, 6.45) is 0.668. The Kier molecular flexibility index (Phi) is 8.62. The summed E-state index contributed by atoms with van der Waals surface area (Å²) < 4.78 is 7.42. The van der Waals surface area contributed by atoms with Crippen molar-refractivity contribution in [3.63, 3.8) is 0 Å². The van der Waals surface area contributed by atoms with Crippen LogP contribution >= 0.6 is 0 Å². The lowest BCUT2D eigenvalue weighted by Gasteiger charge is -2.35. The van der Waals surface area contributed by atoms with E-state index in [4.69, 9.17) is 4.74 Å². The monoisotopic (exact) mass is 541 g/mol. The van der Waals surface area contributed by atoms with E-state index in [2.05, 4.69) is 15.6 Å². The fourth-order valence-electron chi connectivity index (χ4n) is 4.52. The molecule has 0 aliphatic rings. The van der Waals surface area contributed by atoms with E-state index in [9.17, 15) is 14.4 Å². The maximum Gasteiger partial charge on any atom is 0.249 e. The highest BCUT2D eigenvalue weighted by Crippen LogP contribution is 2.36. The van der Waals surface area contributed by atoms with Gasteiger partial charge in [-0.25, -0.2) is 4.68 Å². The number of ketones is 1. The predicted octanol–water partition coefficient (Wildman–Crippen LogP) is 5.11. The third-order valence-electron chi connectivity index (χ3n) is 6.88. The van der Waals surface area contributed by atoms with Crippen molar-refractivity contribution in [3.8, 4) is 5.75 Å². The molecule has 40 heavy (non-hydrogen) atoms. The summed E-state index contributed by atoms with van der Waals surface area (Å²) in [5.74, 6) is -0.589. The molecule has 9 nitrogen and oxygen atoms in total. The third kappa shape index (κ3) is 6.03. The Bertz CT molecular complexity index is 1530. The molecule has 3 aromatic carbocycles. The van der Waals surface area contributed by atoms with Gasteiger partial charge in [-0.05, 0) is 64.4 Å². The van der Waals surface area contributed by atoms with Crippen molar-refractivity contribution < 1.29 is 19.1 Å². The van der Waals surface area contributed by atoms with Gasteiger partial charge in [0.15, 0.2) is 5.78 Å². The first-order valence-electron chi connectivity index (χ1n) is 13.4. The number of rotatable bonds is 11. The van der Waals surface area contributed by atoms with E-state index < -0.39 is 23.4 Å². The summed E-state index contributed by atoms with van der Waals surface area (Å²) in [6.45, 7) is 9.29. The summed E-state index contributed by atoms with van der Waals surface area (Å²) >= 11 is 0. The number of hydrogen-bond acceptors (Lipinski definition) is 6. The number of nitrogens with one attached hydrogen (secondary N) is 1. The van der Waals surface area contributed by atoms with Gasteiger partial charge in [-0.2, -0.15) is 0 Å². The lowest BCUT2D eigenvalue weighted by molar-refractivity contribution is -0.128. The molecule has 0 aliphatic heterocycles. The first-order chi connectivity index (χ1) is 19.2. The van der Waals surface area contributed by atoms with Crippen LogP contribution in [0.1, 0.15) is 63.0 Å². The summed E-state index contributed by atoms with van der Waals surface area (Å²) in [4.78, 5) is 42.7. The SMILES string of the molecule is CCOc1ccccc1[C@H](C(=O)NC(C)(C)CC)N(C(=O)Cn1nnc2ccccc21)c1ccccc1C(C)=O. The molecule has 9 heteroatoms. The van der Waals surface area contributed by atoms with Gasteiger partial charge in [-0.1, -0.05) is 54.6 Å². The minimum absolute atomic E-state index is 0.204. The Balaban J connectivity index is 1.93. The fraction of sp³-hybridized carbons (Fsp3) is 0.323. The number of para-hydroxylation sites is 3. The number of amides is 2. The van der Waals surface area contributed by atoms with Crippen LogP contribution in [0.3, 0.4) is 0 Å². The molecule has 2 amide bonds. The number of aromatic nitrogens is 3. The van der Waals surface area contributed by atoms with Crippen molar-refractivity contribution in [1.29, 1.82) is 0 Å². The van der Waals surface area contributed by atoms with E-state index in [1.54, 1.807) is 42.5 Å².